The van der Waals surface area contributed by atoms with Crippen LogP contribution in [0.1, 0.15) is 51.6 Å². The highest BCUT2D eigenvalue weighted by Gasteiger charge is 2.40. The van der Waals surface area contributed by atoms with Crippen molar-refractivity contribution in [2.75, 3.05) is 32.9 Å². The molecule has 0 radical (unpaired) electrons. The summed E-state index contributed by atoms with van der Waals surface area (Å²) in [6, 6.07) is 13.9. The molecule has 8 nitrogen and oxygen atoms in total. The number of aliphatic hydroxyl groups excluding tert-OH is 1. The third-order valence-corrected chi connectivity index (χ3v) is 7.44. The maximum atomic E-state index is 13.2. The number of carbonyl (C=O) groups is 2. The summed E-state index contributed by atoms with van der Waals surface area (Å²) in [7, 11) is 0. The Balaban J connectivity index is 0.00000320. The summed E-state index contributed by atoms with van der Waals surface area (Å²) < 4.78 is 11.3. The first-order valence-electron chi connectivity index (χ1n) is 13.0. The van der Waals surface area contributed by atoms with Gasteiger partial charge < -0.3 is 30.1 Å². The number of nitrogens with one attached hydrogen (secondary N) is 2. The Morgan fingerprint density at radius 3 is 2.41 bits per heavy atom. The molecule has 2 fully saturated rings. The molecule has 200 valence electrons. The van der Waals surface area contributed by atoms with Gasteiger partial charge in [-0.25, -0.2) is 0 Å². The van der Waals surface area contributed by atoms with Crippen molar-refractivity contribution in [1.82, 2.24) is 15.5 Å². The van der Waals surface area contributed by atoms with Crippen LogP contribution < -0.4 is 15.4 Å². The average Bonchev–Trinajstić information content (AvgIpc) is 3.42. The van der Waals surface area contributed by atoms with E-state index in [9.17, 15) is 14.7 Å². The van der Waals surface area contributed by atoms with Crippen molar-refractivity contribution < 1.29 is 24.2 Å². The predicted octanol–water partition coefficient (Wildman–Crippen LogP) is 2.36. The van der Waals surface area contributed by atoms with Gasteiger partial charge in [-0.3, -0.25) is 9.59 Å². The van der Waals surface area contributed by atoms with E-state index in [1.165, 1.54) is 11.1 Å². The molecule has 2 saturated heterocycles. The van der Waals surface area contributed by atoms with Gasteiger partial charge in [-0.1, -0.05) is 24.3 Å². The lowest BCUT2D eigenvalue weighted by Crippen LogP contribution is -2.49. The number of halogens is 1. The first kappa shape index (κ1) is 27.4. The first-order chi connectivity index (χ1) is 17.5. The van der Waals surface area contributed by atoms with Crippen LogP contribution in [-0.4, -0.2) is 79.0 Å². The molecule has 3 atom stereocenters. The van der Waals surface area contributed by atoms with Crippen LogP contribution in [0.25, 0.3) is 0 Å². The predicted molar refractivity (Wildman–Crippen MR) is 143 cm³/mol. The Hall–Kier alpha value is -2.65. The normalized spacial score (nSPS) is 21.2. The molecule has 2 aliphatic heterocycles. The van der Waals surface area contributed by atoms with E-state index < -0.39 is 6.10 Å². The van der Waals surface area contributed by atoms with E-state index in [4.69, 9.17) is 9.47 Å². The van der Waals surface area contributed by atoms with Crippen molar-refractivity contribution in [1.29, 1.82) is 0 Å². The van der Waals surface area contributed by atoms with Gasteiger partial charge in [0.25, 0.3) is 11.8 Å². The van der Waals surface area contributed by atoms with Crippen molar-refractivity contribution in [3.8, 4) is 5.75 Å². The summed E-state index contributed by atoms with van der Waals surface area (Å²) in [4.78, 5) is 28.1. The summed E-state index contributed by atoms with van der Waals surface area (Å²) in [6.07, 6.45) is 3.10. The average molecular weight is 530 g/mol. The number of carbonyl (C=O) groups excluding carboxylic acids is 2. The zero-order chi connectivity index (χ0) is 25.1. The molecule has 5 rings (SSSR count). The largest absolute Gasteiger partial charge is 0.493 e. The second-order valence-electron chi connectivity index (χ2n) is 9.92. The molecule has 2 unspecified atom stereocenters. The molecule has 2 aromatic carbocycles. The van der Waals surface area contributed by atoms with Gasteiger partial charge in [0, 0.05) is 24.7 Å². The minimum absolute atomic E-state index is 0. The Bertz CT molecular complexity index is 1070. The fourth-order valence-electron chi connectivity index (χ4n) is 5.61. The first-order valence-corrected chi connectivity index (χ1v) is 13.0. The number of morpholine rings is 1. The molecule has 3 aliphatic rings. The molecule has 1 aliphatic carbocycles. The maximum absolute atomic E-state index is 13.2. The maximum Gasteiger partial charge on any atom is 0.255 e. The number of nitrogens with zero attached hydrogens (tertiary/aromatic N) is 1. The van der Waals surface area contributed by atoms with Crippen molar-refractivity contribution in [2.45, 2.75) is 56.8 Å². The third-order valence-electron chi connectivity index (χ3n) is 7.44. The van der Waals surface area contributed by atoms with Crippen molar-refractivity contribution in [3.63, 3.8) is 0 Å². The molecular weight excluding hydrogens is 494 g/mol. The van der Waals surface area contributed by atoms with Crippen molar-refractivity contribution in [3.05, 3.63) is 64.7 Å². The van der Waals surface area contributed by atoms with Gasteiger partial charge in [-0.2, -0.15) is 0 Å². The molecule has 2 heterocycles. The number of fused-ring (bicyclic) bond motifs is 3. The van der Waals surface area contributed by atoms with E-state index in [1.807, 2.05) is 11.8 Å². The zero-order valence-corrected chi connectivity index (χ0v) is 22.0. The van der Waals surface area contributed by atoms with Gasteiger partial charge in [-0.15, -0.1) is 12.4 Å². The van der Waals surface area contributed by atoms with E-state index >= 15 is 0 Å². The summed E-state index contributed by atoms with van der Waals surface area (Å²) in [5.74, 6) is -0.0109. The van der Waals surface area contributed by atoms with Gasteiger partial charge in [0.2, 0.25) is 0 Å². The number of aliphatic hydroxyl groups is 1. The van der Waals surface area contributed by atoms with Gasteiger partial charge in [0.05, 0.1) is 43.6 Å². The molecule has 37 heavy (non-hydrogen) atoms. The summed E-state index contributed by atoms with van der Waals surface area (Å²) >= 11 is 0. The van der Waals surface area contributed by atoms with E-state index in [2.05, 4.69) is 34.9 Å². The number of amides is 2. The fraction of sp³-hybridized carbons (Fsp3) is 0.500. The highest BCUT2D eigenvalue weighted by molar-refractivity contribution is 6.00. The van der Waals surface area contributed by atoms with E-state index in [-0.39, 0.29) is 42.8 Å². The van der Waals surface area contributed by atoms with Gasteiger partial charge in [0.15, 0.2) is 0 Å². The van der Waals surface area contributed by atoms with Crippen LogP contribution in [0.15, 0.2) is 42.5 Å². The fourth-order valence-corrected chi connectivity index (χ4v) is 5.61. The van der Waals surface area contributed by atoms with Crippen LogP contribution in [0.2, 0.25) is 0 Å². The van der Waals surface area contributed by atoms with Crippen molar-refractivity contribution >= 4 is 24.2 Å². The molecule has 0 spiro atoms. The molecule has 2 amide bonds. The van der Waals surface area contributed by atoms with Crippen LogP contribution in [-0.2, 0) is 17.6 Å². The zero-order valence-electron chi connectivity index (χ0n) is 21.2. The Morgan fingerprint density at radius 1 is 1.08 bits per heavy atom. The number of rotatable bonds is 9. The van der Waals surface area contributed by atoms with Gasteiger partial charge in [-0.05, 0) is 61.9 Å². The molecule has 2 aromatic rings. The lowest BCUT2D eigenvalue weighted by Gasteiger charge is -2.34. The molecular formula is C28H36ClN3O5. The summed E-state index contributed by atoms with van der Waals surface area (Å²) in [5, 5.41) is 16.7. The Morgan fingerprint density at radius 2 is 1.76 bits per heavy atom. The minimum atomic E-state index is -0.717. The lowest BCUT2D eigenvalue weighted by atomic mass is 10.1. The molecule has 9 heteroatoms. The third kappa shape index (κ3) is 6.09. The Kier molecular flexibility index (Phi) is 9.08. The second kappa shape index (κ2) is 12.3. The summed E-state index contributed by atoms with van der Waals surface area (Å²) in [6.45, 7) is 3.88. The SMILES string of the molecule is CCOc1cc(C(=O)N2C3CCC2COC3)ccc1C(=O)NC[C@H](O)CNC1Cc2ccccc2C1.Cl. The van der Waals surface area contributed by atoms with E-state index in [0.717, 1.165) is 25.7 Å². The topological polar surface area (TPSA) is 100 Å². The molecule has 0 saturated carbocycles. The van der Waals surface area contributed by atoms with Crippen LogP contribution in [0, 0.1) is 0 Å². The number of hydrogen-bond acceptors (Lipinski definition) is 6. The Labute approximate surface area is 224 Å². The number of hydrogen-bond donors (Lipinski definition) is 3. The summed E-state index contributed by atoms with van der Waals surface area (Å²) in [5.41, 5.74) is 3.56. The van der Waals surface area contributed by atoms with Gasteiger partial charge in [0.1, 0.15) is 5.75 Å². The highest BCUT2D eigenvalue weighted by atomic mass is 35.5. The quantitative estimate of drug-likeness (QED) is 0.461. The highest BCUT2D eigenvalue weighted by Crippen LogP contribution is 2.31. The van der Waals surface area contributed by atoms with Crippen LogP contribution >= 0.6 is 12.4 Å². The number of ether oxygens (including phenoxy) is 2. The second-order valence-corrected chi connectivity index (χ2v) is 9.92. The molecule has 0 aromatic heterocycles. The van der Waals surface area contributed by atoms with Crippen LogP contribution in [0.4, 0.5) is 0 Å². The molecule has 3 N–H and O–H groups in total. The van der Waals surface area contributed by atoms with E-state index in [0.29, 0.717) is 49.3 Å². The van der Waals surface area contributed by atoms with E-state index in [1.54, 1.807) is 18.2 Å². The van der Waals surface area contributed by atoms with Gasteiger partial charge >= 0.3 is 0 Å². The van der Waals surface area contributed by atoms with Crippen LogP contribution in [0.5, 0.6) is 5.75 Å². The smallest absolute Gasteiger partial charge is 0.255 e. The molecule has 2 bridgehead atoms. The van der Waals surface area contributed by atoms with Crippen molar-refractivity contribution in [2.24, 2.45) is 0 Å². The monoisotopic (exact) mass is 529 g/mol. The lowest BCUT2D eigenvalue weighted by molar-refractivity contribution is -0.00717. The standard InChI is InChI=1S/C28H35N3O5.ClH/c1-2-36-26-13-20(28(34)31-22-8-9-23(31)17-35-16-22)7-10-25(26)27(33)30-15-24(32)14-29-21-11-18-5-3-4-6-19(18)12-21;/h3-7,10,13,21-24,29,32H,2,8-9,11-12,14-17H2,1H3,(H,30,33);1H/t22?,23?,24-;/m1./s1. The minimum Gasteiger partial charge on any atom is -0.493 e. The number of benzene rings is 2. The van der Waals surface area contributed by atoms with Crippen LogP contribution in [0.3, 0.4) is 0 Å².